The number of fused-ring (bicyclic) bond motifs is 2. The molecule has 0 spiro atoms. The lowest BCUT2D eigenvalue weighted by molar-refractivity contribution is -0.128. The van der Waals surface area contributed by atoms with Gasteiger partial charge >= 0.3 is 0 Å². The molecule has 1 aromatic heterocycles. The number of carbonyl (C=O) groups excluding carboxylic acids is 1. The number of amides is 1. The van der Waals surface area contributed by atoms with Crippen LogP contribution in [0.1, 0.15) is 29.3 Å². The van der Waals surface area contributed by atoms with E-state index in [-0.39, 0.29) is 23.1 Å². The summed E-state index contributed by atoms with van der Waals surface area (Å²) < 4.78 is 0. The van der Waals surface area contributed by atoms with Gasteiger partial charge in [-0.05, 0) is 48.9 Å². The van der Waals surface area contributed by atoms with Gasteiger partial charge in [0, 0.05) is 49.0 Å². The Hall–Kier alpha value is -4.05. The van der Waals surface area contributed by atoms with Crippen LogP contribution < -0.4 is 15.4 Å². The molecular weight excluding hydrogens is 438 g/mol. The van der Waals surface area contributed by atoms with Crippen LogP contribution in [0.3, 0.4) is 0 Å². The van der Waals surface area contributed by atoms with E-state index in [1.807, 2.05) is 6.92 Å². The number of aromatic amines is 1. The Morgan fingerprint density at radius 3 is 2.66 bits per heavy atom. The van der Waals surface area contributed by atoms with E-state index in [0.717, 1.165) is 35.6 Å². The number of piperazine rings is 1. The van der Waals surface area contributed by atoms with Crippen molar-refractivity contribution in [2.75, 3.05) is 36.0 Å². The van der Waals surface area contributed by atoms with Crippen LogP contribution in [0.5, 0.6) is 0 Å². The summed E-state index contributed by atoms with van der Waals surface area (Å²) in [5.41, 5.74) is 4.81. The first-order valence-electron chi connectivity index (χ1n) is 12.0. The van der Waals surface area contributed by atoms with Crippen molar-refractivity contribution in [3.63, 3.8) is 0 Å². The SMILES string of the molecule is C=CC(=O)N1CCN(c2c3c([nH]c(=O)c2C#N)CN(c2cccc4cccc(C)c24)CC3)CC1C. The first kappa shape index (κ1) is 22.7. The van der Waals surface area contributed by atoms with Crippen LogP contribution in [-0.2, 0) is 17.8 Å². The minimum atomic E-state index is -0.352. The van der Waals surface area contributed by atoms with Gasteiger partial charge in [-0.1, -0.05) is 36.9 Å². The largest absolute Gasteiger partial charge is 0.366 e. The number of nitrogens with zero attached hydrogens (tertiary/aromatic N) is 4. The predicted octanol–water partition coefficient (Wildman–Crippen LogP) is 3.49. The standard InChI is InChI=1S/C28H29N5O2/c1-4-25(34)33-14-13-32(16-19(33)3)27-21-11-12-31(17-23(21)30-28(35)22(27)15-29)24-10-6-9-20-8-5-7-18(2)26(20)24/h4-10,19H,1,11-14,16-17H2,2-3H3,(H,30,35). The highest BCUT2D eigenvalue weighted by atomic mass is 16.2. The maximum Gasteiger partial charge on any atom is 0.268 e. The van der Waals surface area contributed by atoms with Crippen LogP contribution in [-0.4, -0.2) is 48.0 Å². The summed E-state index contributed by atoms with van der Waals surface area (Å²) in [5, 5.41) is 12.3. The Morgan fingerprint density at radius 2 is 1.94 bits per heavy atom. The summed E-state index contributed by atoms with van der Waals surface area (Å²) in [5.74, 6) is -0.0911. The number of nitrogens with one attached hydrogen (secondary N) is 1. The smallest absolute Gasteiger partial charge is 0.268 e. The molecule has 1 fully saturated rings. The molecule has 2 aliphatic heterocycles. The molecule has 7 heteroatoms. The van der Waals surface area contributed by atoms with Gasteiger partial charge in [0.2, 0.25) is 5.91 Å². The molecule has 35 heavy (non-hydrogen) atoms. The topological polar surface area (TPSA) is 83.4 Å². The van der Waals surface area contributed by atoms with Crippen molar-refractivity contribution in [1.29, 1.82) is 5.26 Å². The van der Waals surface area contributed by atoms with E-state index in [0.29, 0.717) is 26.2 Å². The molecule has 1 unspecified atom stereocenters. The maximum absolute atomic E-state index is 13.0. The van der Waals surface area contributed by atoms with E-state index in [9.17, 15) is 14.9 Å². The molecule has 0 bridgehead atoms. The highest BCUT2D eigenvalue weighted by molar-refractivity contribution is 5.97. The molecule has 1 atom stereocenters. The van der Waals surface area contributed by atoms with Gasteiger partial charge in [0.1, 0.15) is 11.6 Å². The molecule has 178 valence electrons. The number of pyridine rings is 1. The molecule has 5 rings (SSSR count). The number of hydrogen-bond donors (Lipinski definition) is 1. The van der Waals surface area contributed by atoms with Crippen LogP contribution in [0.2, 0.25) is 0 Å². The van der Waals surface area contributed by atoms with Crippen LogP contribution in [0.15, 0.2) is 53.8 Å². The first-order chi connectivity index (χ1) is 16.9. The lowest BCUT2D eigenvalue weighted by Crippen LogP contribution is -2.54. The number of aryl methyl sites for hydroxylation is 1. The number of carbonyl (C=O) groups is 1. The highest BCUT2D eigenvalue weighted by Crippen LogP contribution is 2.36. The Morgan fingerprint density at radius 1 is 1.17 bits per heavy atom. The Bertz CT molecular complexity index is 1430. The van der Waals surface area contributed by atoms with Crippen molar-refractivity contribution in [3.8, 4) is 6.07 Å². The minimum Gasteiger partial charge on any atom is -0.366 e. The van der Waals surface area contributed by atoms with Gasteiger partial charge in [-0.3, -0.25) is 9.59 Å². The molecule has 7 nitrogen and oxygen atoms in total. The number of aromatic nitrogens is 1. The molecule has 0 aliphatic carbocycles. The Kier molecular flexibility index (Phi) is 5.81. The molecule has 3 heterocycles. The van der Waals surface area contributed by atoms with Gasteiger partial charge in [0.15, 0.2) is 0 Å². The molecular formula is C28H29N5O2. The van der Waals surface area contributed by atoms with Gasteiger partial charge in [0.25, 0.3) is 5.56 Å². The van der Waals surface area contributed by atoms with Gasteiger partial charge in [-0.2, -0.15) is 5.26 Å². The van der Waals surface area contributed by atoms with Crippen molar-refractivity contribution in [1.82, 2.24) is 9.88 Å². The van der Waals surface area contributed by atoms with E-state index in [2.05, 4.69) is 70.8 Å². The molecule has 0 radical (unpaired) electrons. The molecule has 0 saturated carbocycles. The maximum atomic E-state index is 13.0. The summed E-state index contributed by atoms with van der Waals surface area (Å²) in [7, 11) is 0. The van der Waals surface area contributed by atoms with Crippen molar-refractivity contribution in [3.05, 3.63) is 81.8 Å². The second kappa shape index (κ2) is 8.95. The zero-order valence-corrected chi connectivity index (χ0v) is 20.2. The molecule has 1 N–H and O–H groups in total. The minimum absolute atomic E-state index is 0.0468. The molecule has 3 aromatic rings. The molecule has 1 amide bonds. The second-order valence-corrected chi connectivity index (χ2v) is 9.40. The number of anilines is 2. The predicted molar refractivity (Wildman–Crippen MR) is 139 cm³/mol. The zero-order chi connectivity index (χ0) is 24.7. The number of nitriles is 1. The lowest BCUT2D eigenvalue weighted by atomic mass is 9.96. The Balaban J connectivity index is 1.53. The average molecular weight is 468 g/mol. The quantitative estimate of drug-likeness (QED) is 0.596. The fourth-order valence-electron chi connectivity index (χ4n) is 5.63. The van der Waals surface area contributed by atoms with Gasteiger partial charge < -0.3 is 19.7 Å². The Labute approximate surface area is 204 Å². The average Bonchev–Trinajstić information content (AvgIpc) is 2.87. The molecule has 2 aromatic carbocycles. The molecule has 1 saturated heterocycles. The van der Waals surface area contributed by atoms with Gasteiger partial charge in [-0.25, -0.2) is 0 Å². The van der Waals surface area contributed by atoms with Crippen molar-refractivity contribution in [2.24, 2.45) is 0 Å². The zero-order valence-electron chi connectivity index (χ0n) is 20.2. The monoisotopic (exact) mass is 467 g/mol. The summed E-state index contributed by atoms with van der Waals surface area (Å²) in [6.45, 7) is 10.7. The first-order valence-corrected chi connectivity index (χ1v) is 12.0. The third-order valence-corrected chi connectivity index (χ3v) is 7.30. The fraction of sp³-hybridized carbons (Fsp3) is 0.321. The van der Waals surface area contributed by atoms with Crippen LogP contribution in [0, 0.1) is 18.3 Å². The lowest BCUT2D eigenvalue weighted by Gasteiger charge is -2.42. The highest BCUT2D eigenvalue weighted by Gasteiger charge is 2.32. The number of rotatable bonds is 3. The van der Waals surface area contributed by atoms with Gasteiger partial charge in [0.05, 0.1) is 12.2 Å². The van der Waals surface area contributed by atoms with E-state index in [1.54, 1.807) is 4.90 Å². The third-order valence-electron chi connectivity index (χ3n) is 7.30. The van der Waals surface area contributed by atoms with E-state index >= 15 is 0 Å². The third kappa shape index (κ3) is 3.85. The van der Waals surface area contributed by atoms with E-state index < -0.39 is 0 Å². The van der Waals surface area contributed by atoms with Crippen LogP contribution >= 0.6 is 0 Å². The normalized spacial score (nSPS) is 17.7. The fourth-order valence-corrected chi connectivity index (χ4v) is 5.63. The summed E-state index contributed by atoms with van der Waals surface area (Å²) >= 11 is 0. The summed E-state index contributed by atoms with van der Waals surface area (Å²) in [6, 6.07) is 14.8. The van der Waals surface area contributed by atoms with E-state index in [1.165, 1.54) is 22.4 Å². The van der Waals surface area contributed by atoms with Crippen molar-refractivity contribution in [2.45, 2.75) is 32.9 Å². The van der Waals surface area contributed by atoms with Crippen molar-refractivity contribution < 1.29 is 4.79 Å². The summed E-state index contributed by atoms with van der Waals surface area (Å²) in [4.78, 5) is 34.4. The van der Waals surface area contributed by atoms with Crippen LogP contribution in [0.25, 0.3) is 10.8 Å². The number of benzene rings is 2. The van der Waals surface area contributed by atoms with Crippen molar-refractivity contribution >= 4 is 28.1 Å². The van der Waals surface area contributed by atoms with Crippen LogP contribution in [0.4, 0.5) is 11.4 Å². The second-order valence-electron chi connectivity index (χ2n) is 9.40. The summed E-state index contributed by atoms with van der Waals surface area (Å²) in [6.07, 6.45) is 2.06. The number of H-pyrrole nitrogens is 1. The molecule has 2 aliphatic rings. The number of hydrogen-bond acceptors (Lipinski definition) is 5. The van der Waals surface area contributed by atoms with Gasteiger partial charge in [-0.15, -0.1) is 0 Å². The van der Waals surface area contributed by atoms with E-state index in [4.69, 9.17) is 0 Å².